The third kappa shape index (κ3) is 3.30. The van der Waals surface area contributed by atoms with Crippen LogP contribution in [-0.4, -0.2) is 43.3 Å². The lowest BCUT2D eigenvalue weighted by molar-refractivity contribution is 0.419. The van der Waals surface area contributed by atoms with E-state index in [2.05, 4.69) is 16.7 Å². The number of halogens is 2. The number of anilines is 2. The molecule has 0 amide bonds. The molecule has 0 saturated carbocycles. The van der Waals surface area contributed by atoms with Crippen LogP contribution in [0.2, 0.25) is 10.0 Å². The second kappa shape index (κ2) is 7.47. The summed E-state index contributed by atoms with van der Waals surface area (Å²) in [5, 5.41) is 3.50. The molecule has 0 aliphatic carbocycles. The van der Waals surface area contributed by atoms with Gasteiger partial charge in [-0.2, -0.15) is 0 Å². The third-order valence-electron chi connectivity index (χ3n) is 5.17. The molecule has 1 saturated heterocycles. The highest BCUT2D eigenvalue weighted by Gasteiger charge is 2.24. The standard InChI is InChI=1S/C20H18Cl2N4OS2/c1-11-3-4-12(21)17-15(11)23-19(28-17)25-7-9-26(10-8-25)20-24-16-14(27-2)6-5-13(22)18(16)29-20/h3-6H,7-10H2,1-2H3. The molecule has 1 aliphatic rings. The molecule has 2 aromatic carbocycles. The molecule has 29 heavy (non-hydrogen) atoms. The molecule has 1 aliphatic heterocycles. The van der Waals surface area contributed by atoms with Crippen molar-refractivity contribution in [1.82, 2.24) is 9.97 Å². The van der Waals surface area contributed by atoms with Gasteiger partial charge in [-0.15, -0.1) is 0 Å². The van der Waals surface area contributed by atoms with E-state index in [9.17, 15) is 0 Å². The van der Waals surface area contributed by atoms with E-state index < -0.39 is 0 Å². The van der Waals surface area contributed by atoms with Crippen molar-refractivity contribution in [3.8, 4) is 5.75 Å². The quantitative estimate of drug-likeness (QED) is 0.379. The number of aromatic nitrogens is 2. The highest BCUT2D eigenvalue weighted by atomic mass is 35.5. The van der Waals surface area contributed by atoms with Crippen LogP contribution in [0.4, 0.5) is 10.3 Å². The summed E-state index contributed by atoms with van der Waals surface area (Å²) in [5.74, 6) is 0.757. The van der Waals surface area contributed by atoms with Gasteiger partial charge in [-0.25, -0.2) is 9.97 Å². The Hall–Kier alpha value is -1.80. The van der Waals surface area contributed by atoms with Crippen molar-refractivity contribution in [1.29, 1.82) is 0 Å². The molecule has 4 aromatic rings. The van der Waals surface area contributed by atoms with Crippen molar-refractivity contribution < 1.29 is 4.74 Å². The van der Waals surface area contributed by atoms with Gasteiger partial charge >= 0.3 is 0 Å². The monoisotopic (exact) mass is 464 g/mol. The van der Waals surface area contributed by atoms with Crippen LogP contribution in [0.5, 0.6) is 5.75 Å². The van der Waals surface area contributed by atoms with Gasteiger partial charge in [-0.1, -0.05) is 51.9 Å². The van der Waals surface area contributed by atoms with Crippen molar-refractivity contribution >= 4 is 76.6 Å². The Morgan fingerprint density at radius 2 is 1.34 bits per heavy atom. The number of ether oxygens (including phenoxy) is 1. The van der Waals surface area contributed by atoms with Crippen LogP contribution in [0.3, 0.4) is 0 Å². The molecule has 1 fully saturated rings. The van der Waals surface area contributed by atoms with Gasteiger partial charge in [0.05, 0.1) is 32.1 Å². The van der Waals surface area contributed by atoms with Crippen LogP contribution in [-0.2, 0) is 0 Å². The molecule has 2 aromatic heterocycles. The van der Waals surface area contributed by atoms with Crippen LogP contribution in [0.1, 0.15) is 5.56 Å². The Bertz CT molecular complexity index is 1180. The lowest BCUT2D eigenvalue weighted by Gasteiger charge is -2.34. The lowest BCUT2D eigenvalue weighted by atomic mass is 10.2. The normalized spacial score (nSPS) is 14.9. The summed E-state index contributed by atoms with van der Waals surface area (Å²) in [6.07, 6.45) is 0. The minimum absolute atomic E-state index is 0.713. The molecule has 0 atom stereocenters. The SMILES string of the molecule is COc1ccc(Cl)c2sc(N3CCN(c4nc5c(C)ccc(Cl)c5s4)CC3)nc12. The highest BCUT2D eigenvalue weighted by Crippen LogP contribution is 2.40. The first-order valence-corrected chi connectivity index (χ1v) is 11.6. The summed E-state index contributed by atoms with van der Waals surface area (Å²) in [7, 11) is 1.66. The number of rotatable bonds is 3. The largest absolute Gasteiger partial charge is 0.494 e. The Kier molecular flexibility index (Phi) is 4.94. The molecule has 5 rings (SSSR count). The van der Waals surface area contributed by atoms with Gasteiger partial charge in [0.25, 0.3) is 0 Å². The average Bonchev–Trinajstić information content (AvgIpc) is 3.38. The lowest BCUT2D eigenvalue weighted by Crippen LogP contribution is -2.46. The van der Waals surface area contributed by atoms with Crippen LogP contribution in [0.15, 0.2) is 24.3 Å². The van der Waals surface area contributed by atoms with Crippen molar-refractivity contribution in [2.24, 2.45) is 0 Å². The molecule has 0 radical (unpaired) electrons. The number of benzene rings is 2. The van der Waals surface area contributed by atoms with E-state index in [1.807, 2.05) is 24.3 Å². The van der Waals surface area contributed by atoms with Crippen molar-refractivity contribution in [2.75, 3.05) is 43.1 Å². The zero-order valence-corrected chi connectivity index (χ0v) is 19.1. The van der Waals surface area contributed by atoms with Crippen LogP contribution in [0, 0.1) is 6.92 Å². The molecular weight excluding hydrogens is 447 g/mol. The van der Waals surface area contributed by atoms with Gasteiger partial charge in [0.15, 0.2) is 10.3 Å². The second-order valence-electron chi connectivity index (χ2n) is 6.94. The van der Waals surface area contributed by atoms with Gasteiger partial charge in [0.2, 0.25) is 0 Å². The fourth-order valence-electron chi connectivity index (χ4n) is 3.56. The van der Waals surface area contributed by atoms with Gasteiger partial charge in [-0.3, -0.25) is 0 Å². The number of nitrogens with zero attached hydrogens (tertiary/aromatic N) is 4. The first-order valence-electron chi connectivity index (χ1n) is 9.23. The summed E-state index contributed by atoms with van der Waals surface area (Å²) in [6.45, 7) is 5.60. The Labute approximate surface area is 186 Å². The van der Waals surface area contributed by atoms with Gasteiger partial charge in [-0.05, 0) is 30.7 Å². The maximum Gasteiger partial charge on any atom is 0.186 e. The number of hydrogen-bond donors (Lipinski definition) is 0. The predicted octanol–water partition coefficient (Wildman–Crippen LogP) is 5.86. The van der Waals surface area contributed by atoms with Crippen LogP contribution < -0.4 is 14.5 Å². The van der Waals surface area contributed by atoms with Gasteiger partial charge in [0.1, 0.15) is 11.3 Å². The van der Waals surface area contributed by atoms with Crippen molar-refractivity contribution in [3.05, 3.63) is 39.9 Å². The highest BCUT2D eigenvalue weighted by molar-refractivity contribution is 7.23. The van der Waals surface area contributed by atoms with E-state index >= 15 is 0 Å². The topological polar surface area (TPSA) is 41.5 Å². The minimum Gasteiger partial charge on any atom is -0.494 e. The maximum absolute atomic E-state index is 6.38. The molecule has 0 spiro atoms. The van der Waals surface area contributed by atoms with E-state index in [0.29, 0.717) is 5.02 Å². The second-order valence-corrected chi connectivity index (χ2v) is 9.71. The Morgan fingerprint density at radius 3 is 1.90 bits per heavy atom. The number of thiazole rings is 2. The number of fused-ring (bicyclic) bond motifs is 2. The third-order valence-corrected chi connectivity index (χ3v) is 8.33. The molecule has 3 heterocycles. The van der Waals surface area contributed by atoms with E-state index in [1.54, 1.807) is 29.8 Å². The zero-order valence-electron chi connectivity index (χ0n) is 15.9. The molecule has 9 heteroatoms. The number of methoxy groups -OCH3 is 1. The minimum atomic E-state index is 0.713. The molecule has 0 bridgehead atoms. The molecule has 150 valence electrons. The maximum atomic E-state index is 6.38. The fourth-order valence-corrected chi connectivity index (χ4v) is 6.23. The van der Waals surface area contributed by atoms with Crippen molar-refractivity contribution in [3.63, 3.8) is 0 Å². The van der Waals surface area contributed by atoms with E-state index in [1.165, 1.54) is 0 Å². The van der Waals surface area contributed by atoms with Gasteiger partial charge < -0.3 is 14.5 Å². The number of aryl methyl sites for hydroxylation is 1. The summed E-state index contributed by atoms with van der Waals surface area (Å²) in [4.78, 5) is 14.3. The first-order chi connectivity index (χ1) is 14.0. The van der Waals surface area contributed by atoms with Crippen LogP contribution in [0.25, 0.3) is 20.4 Å². The fraction of sp³-hybridized carbons (Fsp3) is 0.300. The average molecular weight is 465 g/mol. The summed E-state index contributed by atoms with van der Waals surface area (Å²) in [5.41, 5.74) is 3.00. The number of hydrogen-bond acceptors (Lipinski definition) is 7. The summed E-state index contributed by atoms with van der Waals surface area (Å²) >= 11 is 16.0. The zero-order chi connectivity index (χ0) is 20.1. The molecular formula is C20H18Cl2N4OS2. The smallest absolute Gasteiger partial charge is 0.186 e. The summed E-state index contributed by atoms with van der Waals surface area (Å²) in [6, 6.07) is 7.71. The van der Waals surface area contributed by atoms with Crippen molar-refractivity contribution in [2.45, 2.75) is 6.92 Å². The van der Waals surface area contributed by atoms with Gasteiger partial charge in [0, 0.05) is 26.2 Å². The number of piperazine rings is 1. The van der Waals surface area contributed by atoms with E-state index in [4.69, 9.17) is 37.9 Å². The van der Waals surface area contributed by atoms with E-state index in [-0.39, 0.29) is 0 Å². The van der Waals surface area contributed by atoms with Crippen LogP contribution >= 0.6 is 45.9 Å². The first kappa shape index (κ1) is 19.2. The Balaban J connectivity index is 1.38. The molecule has 0 N–H and O–H groups in total. The molecule has 5 nitrogen and oxygen atoms in total. The predicted molar refractivity (Wildman–Crippen MR) is 125 cm³/mol. The Morgan fingerprint density at radius 1 is 0.828 bits per heavy atom. The molecule has 0 unspecified atom stereocenters. The van der Waals surface area contributed by atoms with E-state index in [0.717, 1.165) is 73.2 Å². The summed E-state index contributed by atoms with van der Waals surface area (Å²) < 4.78 is 7.49.